The quantitative estimate of drug-likeness (QED) is 0.724. The Kier molecular flexibility index (Phi) is 5.29. The maximum atomic E-state index is 11.9. The van der Waals surface area contributed by atoms with E-state index in [4.69, 9.17) is 4.74 Å². The lowest BCUT2D eigenvalue weighted by atomic mass is 10.2. The summed E-state index contributed by atoms with van der Waals surface area (Å²) in [5.74, 6) is -0.757. The number of carbonyl (C=O) groups is 3. The Labute approximate surface area is 123 Å². The first-order chi connectivity index (χ1) is 9.67. The molecule has 0 heterocycles. The van der Waals surface area contributed by atoms with Crippen molar-refractivity contribution in [2.75, 3.05) is 5.32 Å². The average molecular weight is 293 g/mol. The number of hydrogen-bond acceptors (Lipinski definition) is 4. The van der Waals surface area contributed by atoms with Gasteiger partial charge in [-0.05, 0) is 39.0 Å². The number of benzene rings is 1. The lowest BCUT2D eigenvalue weighted by molar-refractivity contribution is -0.114. The SMILES string of the molecule is CC(=O)Nc1cccc(C(=O)NNC(=O)OC(C)(C)C)c1. The van der Waals surface area contributed by atoms with Crippen LogP contribution >= 0.6 is 0 Å². The number of rotatable bonds is 2. The van der Waals surface area contributed by atoms with Gasteiger partial charge in [0.05, 0.1) is 0 Å². The van der Waals surface area contributed by atoms with Crippen LogP contribution in [0.2, 0.25) is 0 Å². The molecule has 0 saturated carbocycles. The lowest BCUT2D eigenvalue weighted by Crippen LogP contribution is -2.44. The van der Waals surface area contributed by atoms with Gasteiger partial charge in [0.2, 0.25) is 5.91 Å². The summed E-state index contributed by atoms with van der Waals surface area (Å²) in [5.41, 5.74) is 4.50. The second kappa shape index (κ2) is 6.74. The maximum Gasteiger partial charge on any atom is 0.426 e. The molecule has 114 valence electrons. The van der Waals surface area contributed by atoms with Crippen molar-refractivity contribution in [3.8, 4) is 0 Å². The van der Waals surface area contributed by atoms with Crippen LogP contribution in [0.25, 0.3) is 0 Å². The molecule has 1 rings (SSSR count). The van der Waals surface area contributed by atoms with Crippen molar-refractivity contribution in [2.45, 2.75) is 33.3 Å². The van der Waals surface area contributed by atoms with Gasteiger partial charge in [-0.1, -0.05) is 6.07 Å². The van der Waals surface area contributed by atoms with Gasteiger partial charge in [-0.25, -0.2) is 10.2 Å². The number of hydrazine groups is 1. The maximum absolute atomic E-state index is 11.9. The van der Waals surface area contributed by atoms with E-state index >= 15 is 0 Å². The van der Waals surface area contributed by atoms with Crippen LogP contribution in [0.3, 0.4) is 0 Å². The van der Waals surface area contributed by atoms with E-state index in [1.165, 1.54) is 13.0 Å². The van der Waals surface area contributed by atoms with E-state index in [9.17, 15) is 14.4 Å². The zero-order valence-electron chi connectivity index (χ0n) is 12.4. The first-order valence-electron chi connectivity index (χ1n) is 6.34. The first-order valence-corrected chi connectivity index (χ1v) is 6.34. The van der Waals surface area contributed by atoms with Gasteiger partial charge in [0.15, 0.2) is 0 Å². The fourth-order valence-corrected chi connectivity index (χ4v) is 1.43. The number of nitrogens with one attached hydrogen (secondary N) is 3. The Morgan fingerprint density at radius 2 is 1.76 bits per heavy atom. The van der Waals surface area contributed by atoms with Crippen molar-refractivity contribution >= 4 is 23.6 Å². The minimum absolute atomic E-state index is 0.237. The van der Waals surface area contributed by atoms with Crippen LogP contribution in [-0.2, 0) is 9.53 Å². The van der Waals surface area contributed by atoms with E-state index in [2.05, 4.69) is 16.2 Å². The topological polar surface area (TPSA) is 96.5 Å². The molecule has 0 aliphatic carbocycles. The Morgan fingerprint density at radius 1 is 1.10 bits per heavy atom. The molecule has 3 N–H and O–H groups in total. The van der Waals surface area contributed by atoms with Crippen molar-refractivity contribution in [1.82, 2.24) is 10.9 Å². The molecule has 0 fully saturated rings. The molecule has 0 spiro atoms. The highest BCUT2D eigenvalue weighted by atomic mass is 16.6. The summed E-state index contributed by atoms with van der Waals surface area (Å²) in [6.07, 6.45) is -0.756. The summed E-state index contributed by atoms with van der Waals surface area (Å²) in [4.78, 5) is 34.2. The highest BCUT2D eigenvalue weighted by Crippen LogP contribution is 2.10. The van der Waals surface area contributed by atoms with Gasteiger partial charge in [0, 0.05) is 18.2 Å². The molecule has 1 aromatic carbocycles. The predicted molar refractivity (Wildman–Crippen MR) is 77.6 cm³/mol. The van der Waals surface area contributed by atoms with Crippen LogP contribution in [-0.4, -0.2) is 23.5 Å². The van der Waals surface area contributed by atoms with Gasteiger partial charge in [-0.3, -0.25) is 15.0 Å². The van der Waals surface area contributed by atoms with E-state index in [0.717, 1.165) is 0 Å². The van der Waals surface area contributed by atoms with Crippen molar-refractivity contribution < 1.29 is 19.1 Å². The molecule has 21 heavy (non-hydrogen) atoms. The van der Waals surface area contributed by atoms with E-state index < -0.39 is 17.6 Å². The Balaban J connectivity index is 2.60. The van der Waals surface area contributed by atoms with Gasteiger partial charge >= 0.3 is 6.09 Å². The monoisotopic (exact) mass is 293 g/mol. The highest BCUT2D eigenvalue weighted by Gasteiger charge is 2.16. The fourth-order valence-electron chi connectivity index (χ4n) is 1.43. The molecular weight excluding hydrogens is 274 g/mol. The summed E-state index contributed by atoms with van der Waals surface area (Å²) in [7, 11) is 0. The van der Waals surface area contributed by atoms with Crippen LogP contribution in [0.4, 0.5) is 10.5 Å². The summed E-state index contributed by atoms with van der Waals surface area (Å²) in [6.45, 7) is 6.51. The summed E-state index contributed by atoms with van der Waals surface area (Å²) < 4.78 is 4.98. The lowest BCUT2D eigenvalue weighted by Gasteiger charge is -2.19. The van der Waals surface area contributed by atoms with E-state index in [-0.39, 0.29) is 11.5 Å². The molecule has 0 atom stereocenters. The van der Waals surface area contributed by atoms with Gasteiger partial charge in [0.25, 0.3) is 5.91 Å². The molecule has 3 amide bonds. The number of hydrogen-bond donors (Lipinski definition) is 3. The molecule has 0 aliphatic heterocycles. The van der Waals surface area contributed by atoms with Crippen molar-refractivity contribution in [1.29, 1.82) is 0 Å². The minimum Gasteiger partial charge on any atom is -0.443 e. The normalized spacial score (nSPS) is 10.5. The largest absolute Gasteiger partial charge is 0.443 e. The van der Waals surface area contributed by atoms with E-state index in [1.807, 2.05) is 0 Å². The van der Waals surface area contributed by atoms with Crippen molar-refractivity contribution in [3.63, 3.8) is 0 Å². The summed E-state index contributed by atoms with van der Waals surface area (Å²) >= 11 is 0. The first kappa shape index (κ1) is 16.5. The summed E-state index contributed by atoms with van der Waals surface area (Å²) in [5, 5.41) is 2.57. The van der Waals surface area contributed by atoms with E-state index in [1.54, 1.807) is 39.0 Å². The van der Waals surface area contributed by atoms with Crippen LogP contribution in [0, 0.1) is 0 Å². The molecule has 0 radical (unpaired) electrons. The second-order valence-corrected chi connectivity index (χ2v) is 5.34. The number of ether oxygens (including phenoxy) is 1. The number of amides is 3. The zero-order chi connectivity index (χ0) is 16.0. The third-order valence-corrected chi connectivity index (χ3v) is 2.12. The summed E-state index contributed by atoms with van der Waals surface area (Å²) in [6, 6.07) is 6.32. The molecule has 0 unspecified atom stereocenters. The minimum atomic E-state index is -0.756. The van der Waals surface area contributed by atoms with Gasteiger partial charge < -0.3 is 10.1 Å². The third kappa shape index (κ3) is 6.42. The molecule has 0 aliphatic rings. The van der Waals surface area contributed by atoms with Gasteiger partial charge in [-0.15, -0.1) is 0 Å². The Morgan fingerprint density at radius 3 is 2.33 bits per heavy atom. The smallest absolute Gasteiger partial charge is 0.426 e. The molecule has 7 heteroatoms. The molecule has 0 aromatic heterocycles. The molecule has 0 saturated heterocycles. The van der Waals surface area contributed by atoms with Crippen LogP contribution in [0.5, 0.6) is 0 Å². The Hall–Kier alpha value is -2.57. The molecule has 1 aromatic rings. The fraction of sp³-hybridized carbons (Fsp3) is 0.357. The number of carbonyl (C=O) groups excluding carboxylic acids is 3. The predicted octanol–water partition coefficient (Wildman–Crippen LogP) is 1.81. The molecule has 7 nitrogen and oxygen atoms in total. The Bertz CT molecular complexity index is 549. The van der Waals surface area contributed by atoms with Gasteiger partial charge in [-0.2, -0.15) is 0 Å². The highest BCUT2D eigenvalue weighted by molar-refractivity contribution is 5.97. The molecule has 0 bridgehead atoms. The van der Waals surface area contributed by atoms with E-state index in [0.29, 0.717) is 5.69 Å². The zero-order valence-corrected chi connectivity index (χ0v) is 12.4. The average Bonchev–Trinajstić information content (AvgIpc) is 2.33. The van der Waals surface area contributed by atoms with Crippen LogP contribution in [0.15, 0.2) is 24.3 Å². The van der Waals surface area contributed by atoms with Crippen LogP contribution < -0.4 is 16.2 Å². The van der Waals surface area contributed by atoms with Crippen molar-refractivity contribution in [3.05, 3.63) is 29.8 Å². The third-order valence-electron chi connectivity index (χ3n) is 2.12. The second-order valence-electron chi connectivity index (χ2n) is 5.34. The standard InChI is InChI=1S/C14H19N3O4/c1-9(18)15-11-7-5-6-10(8-11)12(19)16-17-13(20)21-14(2,3)4/h5-8H,1-4H3,(H,15,18)(H,16,19)(H,17,20). The van der Waals surface area contributed by atoms with Gasteiger partial charge in [0.1, 0.15) is 5.60 Å². The van der Waals surface area contributed by atoms with Crippen molar-refractivity contribution in [2.24, 2.45) is 0 Å². The molecular formula is C14H19N3O4. The number of anilines is 1. The van der Waals surface area contributed by atoms with Crippen LogP contribution in [0.1, 0.15) is 38.1 Å².